The van der Waals surface area contributed by atoms with Gasteiger partial charge >= 0.3 is 0 Å². The number of hydrogen-bond donors (Lipinski definition) is 0. The fourth-order valence-corrected chi connectivity index (χ4v) is 0.942. The van der Waals surface area contributed by atoms with Gasteiger partial charge in [-0.2, -0.15) is 5.26 Å². The zero-order valence-corrected chi connectivity index (χ0v) is 10.2. The number of carbonyl (C=O) groups is 1. The van der Waals surface area contributed by atoms with Crippen molar-refractivity contribution >= 4 is 5.91 Å². The quantitative estimate of drug-likeness (QED) is 0.708. The van der Waals surface area contributed by atoms with E-state index >= 15 is 0 Å². The SMILES string of the molecule is CC(C#N)CN(C)C(=O)COC(C)(C)C. The number of nitriles is 1. The number of rotatable bonds is 4. The molecule has 4 nitrogen and oxygen atoms in total. The second-order valence-electron chi connectivity index (χ2n) is 4.71. The molecular formula is C11H20N2O2. The van der Waals surface area contributed by atoms with Crippen molar-refractivity contribution in [2.24, 2.45) is 5.92 Å². The number of nitrogens with zero attached hydrogens (tertiary/aromatic N) is 2. The Morgan fingerprint density at radius 2 is 2.07 bits per heavy atom. The molecule has 0 aromatic rings. The average molecular weight is 212 g/mol. The Labute approximate surface area is 91.8 Å². The summed E-state index contributed by atoms with van der Waals surface area (Å²) < 4.78 is 5.35. The molecule has 4 heteroatoms. The Morgan fingerprint density at radius 3 is 2.47 bits per heavy atom. The molecule has 0 N–H and O–H groups in total. The van der Waals surface area contributed by atoms with E-state index < -0.39 is 0 Å². The number of likely N-dealkylation sites (N-methyl/N-ethyl adjacent to an activating group) is 1. The van der Waals surface area contributed by atoms with E-state index in [1.54, 1.807) is 14.0 Å². The van der Waals surface area contributed by atoms with Crippen molar-refractivity contribution in [2.45, 2.75) is 33.3 Å². The van der Waals surface area contributed by atoms with Gasteiger partial charge in [0.15, 0.2) is 0 Å². The Bertz CT molecular complexity index is 250. The Morgan fingerprint density at radius 1 is 1.53 bits per heavy atom. The molecule has 0 aliphatic heterocycles. The van der Waals surface area contributed by atoms with Crippen LogP contribution in [0, 0.1) is 17.2 Å². The molecule has 1 unspecified atom stereocenters. The highest BCUT2D eigenvalue weighted by Crippen LogP contribution is 2.07. The molecule has 86 valence electrons. The molecule has 0 saturated carbocycles. The van der Waals surface area contributed by atoms with Gasteiger partial charge in [0.1, 0.15) is 6.61 Å². The van der Waals surface area contributed by atoms with Gasteiger partial charge in [0, 0.05) is 13.6 Å². The maximum atomic E-state index is 11.5. The highest BCUT2D eigenvalue weighted by Gasteiger charge is 2.16. The lowest BCUT2D eigenvalue weighted by atomic mass is 10.2. The third kappa shape index (κ3) is 6.92. The van der Waals surface area contributed by atoms with Crippen molar-refractivity contribution < 1.29 is 9.53 Å². The van der Waals surface area contributed by atoms with E-state index in [1.807, 2.05) is 20.8 Å². The first-order valence-electron chi connectivity index (χ1n) is 5.04. The zero-order valence-electron chi connectivity index (χ0n) is 10.2. The number of carbonyl (C=O) groups excluding carboxylic acids is 1. The lowest BCUT2D eigenvalue weighted by Gasteiger charge is -2.23. The van der Waals surface area contributed by atoms with Crippen LogP contribution in [0.3, 0.4) is 0 Å². The van der Waals surface area contributed by atoms with Crippen LogP contribution in [0.5, 0.6) is 0 Å². The van der Waals surface area contributed by atoms with Crippen LogP contribution >= 0.6 is 0 Å². The molecule has 1 amide bonds. The highest BCUT2D eigenvalue weighted by molar-refractivity contribution is 5.77. The second-order valence-corrected chi connectivity index (χ2v) is 4.71. The van der Waals surface area contributed by atoms with E-state index in [4.69, 9.17) is 10.00 Å². The summed E-state index contributed by atoms with van der Waals surface area (Å²) in [6, 6.07) is 2.09. The van der Waals surface area contributed by atoms with Crippen molar-refractivity contribution in [1.82, 2.24) is 4.90 Å². The summed E-state index contributed by atoms with van der Waals surface area (Å²) in [5, 5.41) is 8.61. The smallest absolute Gasteiger partial charge is 0.248 e. The molecular weight excluding hydrogens is 192 g/mol. The van der Waals surface area contributed by atoms with Gasteiger partial charge in [-0.1, -0.05) is 0 Å². The minimum atomic E-state index is -0.308. The lowest BCUT2D eigenvalue weighted by molar-refractivity contribution is -0.140. The first-order chi connectivity index (χ1) is 6.76. The summed E-state index contributed by atoms with van der Waals surface area (Å²) in [5.41, 5.74) is -0.308. The van der Waals surface area contributed by atoms with Crippen LogP contribution in [0.2, 0.25) is 0 Å². The molecule has 0 radical (unpaired) electrons. The standard InChI is InChI=1S/C11H20N2O2/c1-9(6-12)7-13(5)10(14)8-15-11(2,3)4/h9H,7-8H2,1-5H3. The topological polar surface area (TPSA) is 53.3 Å². The molecule has 0 aliphatic rings. The van der Waals surface area contributed by atoms with Crippen LogP contribution in [-0.4, -0.2) is 36.6 Å². The van der Waals surface area contributed by atoms with Crippen molar-refractivity contribution in [2.75, 3.05) is 20.2 Å². The predicted octanol–water partition coefficient (Wildman–Crippen LogP) is 1.42. The molecule has 0 heterocycles. The molecule has 0 bridgehead atoms. The maximum Gasteiger partial charge on any atom is 0.248 e. The first kappa shape index (κ1) is 13.9. The van der Waals surface area contributed by atoms with Crippen LogP contribution < -0.4 is 0 Å². The van der Waals surface area contributed by atoms with Crippen molar-refractivity contribution in [3.63, 3.8) is 0 Å². The molecule has 0 aliphatic carbocycles. The van der Waals surface area contributed by atoms with Gasteiger partial charge in [-0.25, -0.2) is 0 Å². The number of amides is 1. The van der Waals surface area contributed by atoms with Gasteiger partial charge in [-0.3, -0.25) is 4.79 Å². The van der Waals surface area contributed by atoms with E-state index in [1.165, 1.54) is 4.90 Å². The fourth-order valence-electron chi connectivity index (χ4n) is 0.942. The molecule has 15 heavy (non-hydrogen) atoms. The van der Waals surface area contributed by atoms with E-state index in [9.17, 15) is 4.79 Å². The molecule has 0 saturated heterocycles. The van der Waals surface area contributed by atoms with E-state index in [0.29, 0.717) is 6.54 Å². The summed E-state index contributed by atoms with van der Waals surface area (Å²) >= 11 is 0. The van der Waals surface area contributed by atoms with Gasteiger partial charge in [0.25, 0.3) is 0 Å². The molecule has 0 fully saturated rings. The van der Waals surface area contributed by atoms with Crippen molar-refractivity contribution in [3.05, 3.63) is 0 Å². The van der Waals surface area contributed by atoms with E-state index in [-0.39, 0.29) is 24.0 Å². The van der Waals surface area contributed by atoms with Gasteiger partial charge in [-0.05, 0) is 27.7 Å². The minimum absolute atomic E-state index is 0.0676. The first-order valence-corrected chi connectivity index (χ1v) is 5.04. The van der Waals surface area contributed by atoms with Crippen LogP contribution in [0.25, 0.3) is 0 Å². The van der Waals surface area contributed by atoms with Gasteiger partial charge in [-0.15, -0.1) is 0 Å². The summed E-state index contributed by atoms with van der Waals surface area (Å²) in [6.07, 6.45) is 0. The lowest BCUT2D eigenvalue weighted by Crippen LogP contribution is -2.36. The normalized spacial score (nSPS) is 13.1. The van der Waals surface area contributed by atoms with Gasteiger partial charge in [0.05, 0.1) is 17.6 Å². The van der Waals surface area contributed by atoms with Crippen LogP contribution in [0.1, 0.15) is 27.7 Å². The summed E-state index contributed by atoms with van der Waals surface area (Å²) in [7, 11) is 1.68. The third-order valence-corrected chi connectivity index (χ3v) is 1.82. The predicted molar refractivity (Wildman–Crippen MR) is 58.1 cm³/mol. The summed E-state index contributed by atoms with van der Waals surface area (Å²) in [5.74, 6) is -0.236. The van der Waals surface area contributed by atoms with Crippen LogP contribution in [0.15, 0.2) is 0 Å². The van der Waals surface area contributed by atoms with Crippen molar-refractivity contribution in [3.8, 4) is 6.07 Å². The van der Waals surface area contributed by atoms with Crippen LogP contribution in [0.4, 0.5) is 0 Å². The average Bonchev–Trinajstić information content (AvgIpc) is 2.12. The number of hydrogen-bond acceptors (Lipinski definition) is 3. The number of ether oxygens (including phenoxy) is 1. The Kier molecular flexibility index (Phi) is 5.31. The van der Waals surface area contributed by atoms with E-state index in [2.05, 4.69) is 6.07 Å². The zero-order chi connectivity index (χ0) is 12.1. The summed E-state index contributed by atoms with van der Waals surface area (Å²) in [6.45, 7) is 8.00. The largest absolute Gasteiger partial charge is 0.366 e. The molecule has 0 spiro atoms. The van der Waals surface area contributed by atoms with Gasteiger partial charge in [0.2, 0.25) is 5.91 Å². The van der Waals surface area contributed by atoms with Crippen molar-refractivity contribution in [1.29, 1.82) is 5.26 Å². The van der Waals surface area contributed by atoms with Crippen LogP contribution in [-0.2, 0) is 9.53 Å². The summed E-state index contributed by atoms with van der Waals surface area (Å²) in [4.78, 5) is 13.1. The minimum Gasteiger partial charge on any atom is -0.366 e. The second kappa shape index (κ2) is 5.72. The Balaban J connectivity index is 3.96. The monoisotopic (exact) mass is 212 g/mol. The fraction of sp³-hybridized carbons (Fsp3) is 0.818. The highest BCUT2D eigenvalue weighted by atomic mass is 16.5. The van der Waals surface area contributed by atoms with E-state index in [0.717, 1.165) is 0 Å². The van der Waals surface area contributed by atoms with Gasteiger partial charge < -0.3 is 9.64 Å². The molecule has 1 atom stereocenters. The third-order valence-electron chi connectivity index (χ3n) is 1.82. The Hall–Kier alpha value is -1.08. The maximum absolute atomic E-state index is 11.5. The molecule has 0 aromatic carbocycles. The molecule has 0 aromatic heterocycles. The molecule has 0 rings (SSSR count).